The molecule has 1 aliphatic heterocycles. The van der Waals surface area contributed by atoms with Gasteiger partial charge in [0.1, 0.15) is 12.0 Å². The fourth-order valence-electron chi connectivity index (χ4n) is 4.97. The minimum absolute atomic E-state index is 0.0567. The molecule has 5 rings (SSSR count). The van der Waals surface area contributed by atoms with Crippen molar-refractivity contribution in [1.82, 2.24) is 19.5 Å². The van der Waals surface area contributed by atoms with Crippen LogP contribution in [0.25, 0.3) is 16.8 Å². The Morgan fingerprint density at radius 1 is 1.05 bits per heavy atom. The number of carbonyl (C=O) groups excluding carboxylic acids is 2. The molecule has 2 aromatic heterocycles. The number of rotatable bonds is 8. The highest BCUT2D eigenvalue weighted by molar-refractivity contribution is 5.84. The van der Waals surface area contributed by atoms with E-state index in [1.54, 1.807) is 28.6 Å². The first kappa shape index (κ1) is 26.4. The van der Waals surface area contributed by atoms with Crippen LogP contribution in [0, 0.1) is 0 Å². The average molecular weight is 537 g/mol. The minimum Gasteiger partial charge on any atom is -0.463 e. The zero-order valence-electron chi connectivity index (χ0n) is 21.3. The molecule has 10 heteroatoms. The molecule has 1 saturated heterocycles. The van der Waals surface area contributed by atoms with E-state index in [1.165, 1.54) is 18.3 Å². The number of benzene rings is 2. The number of halogens is 3. The Morgan fingerprint density at radius 2 is 1.79 bits per heavy atom. The number of ether oxygens (including phenoxy) is 1. The lowest BCUT2D eigenvalue weighted by Crippen LogP contribution is -2.40. The number of hydrogen-bond donors (Lipinski definition) is 0. The predicted molar refractivity (Wildman–Crippen MR) is 138 cm³/mol. The highest BCUT2D eigenvalue weighted by Gasteiger charge is 2.40. The van der Waals surface area contributed by atoms with Gasteiger partial charge in [0, 0.05) is 24.7 Å². The Labute approximate surface area is 223 Å². The second-order valence-electron chi connectivity index (χ2n) is 9.81. The monoisotopic (exact) mass is 536 g/mol. The number of nitrogens with zero attached hydrogens (tertiary/aromatic N) is 4. The Bertz CT molecular complexity index is 1490. The lowest BCUT2D eigenvalue weighted by molar-refractivity contribution is -0.151. The number of hydrogen-bond acceptors (Lipinski definition) is 5. The lowest BCUT2D eigenvalue weighted by atomic mass is 9.80. The Kier molecular flexibility index (Phi) is 7.12. The van der Waals surface area contributed by atoms with Crippen LogP contribution in [-0.2, 0) is 32.3 Å². The van der Waals surface area contributed by atoms with Crippen molar-refractivity contribution < 1.29 is 27.5 Å². The Morgan fingerprint density at radius 3 is 2.46 bits per heavy atom. The molecule has 3 heterocycles. The molecule has 1 aliphatic rings. The second-order valence-corrected chi connectivity index (χ2v) is 9.81. The van der Waals surface area contributed by atoms with Gasteiger partial charge in [0.25, 0.3) is 0 Å². The summed E-state index contributed by atoms with van der Waals surface area (Å²) in [7, 11) is 0. The van der Waals surface area contributed by atoms with Gasteiger partial charge in [-0.25, -0.2) is 9.50 Å². The van der Waals surface area contributed by atoms with Crippen LogP contribution < -0.4 is 0 Å². The molecule has 0 saturated carbocycles. The highest BCUT2D eigenvalue weighted by Crippen LogP contribution is 2.34. The van der Waals surface area contributed by atoms with Gasteiger partial charge in [0.2, 0.25) is 5.91 Å². The number of likely N-dealkylation sites (tertiary alicyclic amines) is 1. The first-order valence-corrected chi connectivity index (χ1v) is 12.7. The molecule has 0 radical (unpaired) electrons. The van der Waals surface area contributed by atoms with Gasteiger partial charge in [-0.1, -0.05) is 42.5 Å². The van der Waals surface area contributed by atoms with E-state index in [2.05, 4.69) is 10.1 Å². The van der Waals surface area contributed by atoms with Crippen LogP contribution in [0.15, 0.2) is 73.1 Å². The normalized spacial score (nSPS) is 15.5. The van der Waals surface area contributed by atoms with Gasteiger partial charge in [-0.05, 0) is 49.1 Å². The van der Waals surface area contributed by atoms with Crippen LogP contribution in [-0.4, -0.2) is 51.1 Å². The average Bonchev–Trinajstić information content (AvgIpc) is 3.54. The van der Waals surface area contributed by atoms with E-state index < -0.39 is 23.1 Å². The molecule has 0 aliphatic carbocycles. The zero-order chi connectivity index (χ0) is 27.6. The molecule has 202 valence electrons. The van der Waals surface area contributed by atoms with Crippen molar-refractivity contribution in [2.75, 3.05) is 19.7 Å². The maximum Gasteiger partial charge on any atom is 0.416 e. The van der Waals surface area contributed by atoms with E-state index in [9.17, 15) is 22.8 Å². The van der Waals surface area contributed by atoms with Crippen molar-refractivity contribution in [3.63, 3.8) is 0 Å². The number of esters is 1. The van der Waals surface area contributed by atoms with Gasteiger partial charge in [-0.3, -0.25) is 9.59 Å². The number of fused-ring (bicyclic) bond motifs is 1. The van der Waals surface area contributed by atoms with Crippen LogP contribution in [0.4, 0.5) is 13.2 Å². The van der Waals surface area contributed by atoms with Gasteiger partial charge < -0.3 is 9.64 Å². The maximum absolute atomic E-state index is 13.7. The summed E-state index contributed by atoms with van der Waals surface area (Å²) in [5.41, 5.74) is 0.968. The van der Waals surface area contributed by atoms with Crippen molar-refractivity contribution in [3.05, 3.63) is 89.9 Å². The summed E-state index contributed by atoms with van der Waals surface area (Å²) in [4.78, 5) is 31.8. The van der Waals surface area contributed by atoms with E-state index in [0.717, 1.165) is 24.1 Å². The molecule has 1 atom stereocenters. The second kappa shape index (κ2) is 10.5. The molecule has 1 amide bonds. The number of aromatic nitrogens is 3. The van der Waals surface area contributed by atoms with Crippen LogP contribution in [0.2, 0.25) is 0 Å². The lowest BCUT2D eigenvalue weighted by Gasteiger charge is -2.29. The summed E-state index contributed by atoms with van der Waals surface area (Å²) >= 11 is 0. The summed E-state index contributed by atoms with van der Waals surface area (Å²) < 4.78 is 46.4. The van der Waals surface area contributed by atoms with Crippen molar-refractivity contribution in [3.8, 4) is 11.1 Å². The first-order valence-electron chi connectivity index (χ1n) is 12.7. The Hall–Kier alpha value is -4.21. The summed E-state index contributed by atoms with van der Waals surface area (Å²) in [6, 6.07) is 16.0. The zero-order valence-corrected chi connectivity index (χ0v) is 21.3. The highest BCUT2D eigenvalue weighted by atomic mass is 19.4. The van der Waals surface area contributed by atoms with Gasteiger partial charge in [-0.15, -0.1) is 0 Å². The fraction of sp³-hybridized carbons (Fsp3) is 0.310. The molecule has 0 bridgehead atoms. The molecule has 1 fully saturated rings. The van der Waals surface area contributed by atoms with Gasteiger partial charge in [-0.2, -0.15) is 18.3 Å². The molecule has 0 N–H and O–H groups in total. The third kappa shape index (κ3) is 5.36. The molecule has 1 unspecified atom stereocenters. The van der Waals surface area contributed by atoms with E-state index in [1.807, 2.05) is 30.3 Å². The molecular formula is C29H27F3N4O3. The molecule has 4 aromatic rings. The molecule has 39 heavy (non-hydrogen) atoms. The van der Waals surface area contributed by atoms with E-state index in [0.29, 0.717) is 48.4 Å². The number of alkyl halides is 3. The van der Waals surface area contributed by atoms with Crippen LogP contribution in [0.5, 0.6) is 0 Å². The number of carbonyl (C=O) groups is 2. The van der Waals surface area contributed by atoms with Crippen LogP contribution >= 0.6 is 0 Å². The molecule has 0 spiro atoms. The van der Waals surface area contributed by atoms with Gasteiger partial charge in [0.05, 0.1) is 24.0 Å². The molecular weight excluding hydrogens is 509 g/mol. The minimum atomic E-state index is -4.44. The van der Waals surface area contributed by atoms with Crippen molar-refractivity contribution >= 4 is 17.5 Å². The summed E-state index contributed by atoms with van der Waals surface area (Å²) in [5, 5.41) is 4.48. The standard InChI is InChI=1S/C29H27F3N4O3/c1-28(18-20-6-3-2-4-7-20,27(38)39-17-16-35-15-5-8-25(35)37)24-13-14-33-26-23(19-34-36(24)26)21-9-11-22(12-10-21)29(30,31)32/h2-4,6-7,9-14,19H,5,8,15-18H2,1H3. The largest absolute Gasteiger partial charge is 0.463 e. The maximum atomic E-state index is 13.7. The van der Waals surface area contributed by atoms with Crippen molar-refractivity contribution in [1.29, 1.82) is 0 Å². The van der Waals surface area contributed by atoms with E-state index in [4.69, 9.17) is 4.74 Å². The van der Waals surface area contributed by atoms with E-state index in [-0.39, 0.29) is 12.5 Å². The van der Waals surface area contributed by atoms with Crippen LogP contribution in [0.1, 0.15) is 36.6 Å². The third-order valence-corrected chi connectivity index (χ3v) is 7.11. The molecule has 7 nitrogen and oxygen atoms in total. The fourth-order valence-corrected chi connectivity index (χ4v) is 4.97. The number of amides is 1. The van der Waals surface area contributed by atoms with E-state index >= 15 is 0 Å². The van der Waals surface area contributed by atoms with Gasteiger partial charge >= 0.3 is 12.1 Å². The quantitative estimate of drug-likeness (QED) is 0.294. The predicted octanol–water partition coefficient (Wildman–Crippen LogP) is 5.08. The smallest absolute Gasteiger partial charge is 0.416 e. The topological polar surface area (TPSA) is 76.8 Å². The van der Waals surface area contributed by atoms with Gasteiger partial charge in [0.15, 0.2) is 5.65 Å². The first-order chi connectivity index (χ1) is 18.7. The van der Waals surface area contributed by atoms with Crippen molar-refractivity contribution in [2.24, 2.45) is 0 Å². The molecule has 2 aromatic carbocycles. The Balaban J connectivity index is 1.49. The SMILES string of the molecule is CC(Cc1ccccc1)(C(=O)OCCN1CCCC1=O)c1ccnc2c(-c3ccc(C(F)(F)F)cc3)cnn12. The van der Waals surface area contributed by atoms with Crippen LogP contribution in [0.3, 0.4) is 0 Å². The summed E-state index contributed by atoms with van der Waals surface area (Å²) in [6.07, 6.45) is 0.265. The third-order valence-electron chi connectivity index (χ3n) is 7.11. The van der Waals surface area contributed by atoms with Crippen molar-refractivity contribution in [2.45, 2.75) is 37.8 Å². The summed E-state index contributed by atoms with van der Waals surface area (Å²) in [6.45, 7) is 2.83. The summed E-state index contributed by atoms with van der Waals surface area (Å²) in [5.74, 6) is -0.418.